The van der Waals surface area contributed by atoms with Gasteiger partial charge in [0.05, 0.1) is 18.8 Å². The highest BCUT2D eigenvalue weighted by Crippen LogP contribution is 2.30. The van der Waals surface area contributed by atoms with E-state index in [2.05, 4.69) is 10.6 Å². The first kappa shape index (κ1) is 16.8. The number of morpholine rings is 1. The van der Waals surface area contributed by atoms with E-state index < -0.39 is 0 Å². The van der Waals surface area contributed by atoms with Crippen molar-refractivity contribution < 1.29 is 14.3 Å². The largest absolute Gasteiger partial charge is 0.376 e. The zero-order chi connectivity index (χ0) is 17.1. The van der Waals surface area contributed by atoms with E-state index in [-0.39, 0.29) is 36.5 Å². The van der Waals surface area contributed by atoms with E-state index in [1.807, 2.05) is 43.0 Å². The average Bonchev–Trinajstić information content (AvgIpc) is 3.38. The van der Waals surface area contributed by atoms with Crippen molar-refractivity contribution in [3.63, 3.8) is 0 Å². The molecule has 2 amide bonds. The first-order valence-corrected chi connectivity index (χ1v) is 8.59. The van der Waals surface area contributed by atoms with Gasteiger partial charge in [0.1, 0.15) is 0 Å². The number of hydrogen-bond acceptors (Lipinski definition) is 4. The molecular formula is C18H25N3O3. The third-order valence-corrected chi connectivity index (χ3v) is 4.32. The summed E-state index contributed by atoms with van der Waals surface area (Å²) in [7, 11) is 0. The zero-order valence-electron chi connectivity index (χ0n) is 14.2. The van der Waals surface area contributed by atoms with Gasteiger partial charge in [0.25, 0.3) is 0 Å². The monoisotopic (exact) mass is 331 g/mol. The summed E-state index contributed by atoms with van der Waals surface area (Å²) in [6.45, 7) is 5.50. The summed E-state index contributed by atoms with van der Waals surface area (Å²) in [5, 5.41) is 6.04. The highest BCUT2D eigenvalue weighted by Gasteiger charge is 2.29. The third-order valence-electron chi connectivity index (χ3n) is 4.32. The quantitative estimate of drug-likeness (QED) is 0.867. The summed E-state index contributed by atoms with van der Waals surface area (Å²) in [5.41, 5.74) is 1.65. The minimum atomic E-state index is 0.0723. The van der Waals surface area contributed by atoms with Gasteiger partial charge in [-0.15, -0.1) is 0 Å². The minimum Gasteiger partial charge on any atom is -0.376 e. The van der Waals surface area contributed by atoms with Crippen LogP contribution in [0.1, 0.15) is 26.7 Å². The van der Waals surface area contributed by atoms with Crippen LogP contribution in [0, 0.1) is 5.92 Å². The van der Waals surface area contributed by atoms with Gasteiger partial charge in [-0.2, -0.15) is 0 Å². The van der Waals surface area contributed by atoms with E-state index in [0.717, 1.165) is 24.2 Å². The maximum Gasteiger partial charge on any atom is 0.242 e. The molecule has 3 rings (SSSR count). The predicted octanol–water partition coefficient (Wildman–Crippen LogP) is 2.08. The fraction of sp³-hybridized carbons (Fsp3) is 0.556. The number of amides is 2. The van der Waals surface area contributed by atoms with Crippen molar-refractivity contribution >= 4 is 23.2 Å². The number of carbonyl (C=O) groups is 2. The van der Waals surface area contributed by atoms with Crippen molar-refractivity contribution in [2.75, 3.05) is 30.3 Å². The molecule has 0 bridgehead atoms. The van der Waals surface area contributed by atoms with E-state index in [9.17, 15) is 9.59 Å². The molecule has 24 heavy (non-hydrogen) atoms. The summed E-state index contributed by atoms with van der Waals surface area (Å²) < 4.78 is 5.65. The number of nitrogens with zero attached hydrogens (tertiary/aromatic N) is 1. The smallest absolute Gasteiger partial charge is 0.242 e. The Bertz CT molecular complexity index is 588. The Labute approximate surface area is 142 Å². The molecule has 1 aliphatic carbocycles. The van der Waals surface area contributed by atoms with Crippen molar-refractivity contribution in [1.29, 1.82) is 0 Å². The Morgan fingerprint density at radius 3 is 2.25 bits per heavy atom. The highest BCUT2D eigenvalue weighted by atomic mass is 16.5. The molecule has 1 aliphatic heterocycles. The molecule has 2 aliphatic rings. The summed E-state index contributed by atoms with van der Waals surface area (Å²) in [6.07, 6.45) is 2.14. The van der Waals surface area contributed by atoms with Crippen LogP contribution >= 0.6 is 0 Å². The number of rotatable bonds is 5. The molecule has 1 saturated carbocycles. The van der Waals surface area contributed by atoms with Gasteiger partial charge < -0.3 is 20.3 Å². The lowest BCUT2D eigenvalue weighted by atomic mass is 10.2. The first-order valence-electron chi connectivity index (χ1n) is 8.59. The lowest BCUT2D eigenvalue weighted by Gasteiger charge is -2.35. The SMILES string of the molecule is CC1CN(C(=O)CNc2ccc(NC(=O)C3CC3)cc2)CC(C)O1. The van der Waals surface area contributed by atoms with Crippen LogP contribution in [0.2, 0.25) is 0 Å². The van der Waals surface area contributed by atoms with Gasteiger partial charge in [-0.3, -0.25) is 9.59 Å². The van der Waals surface area contributed by atoms with E-state index in [4.69, 9.17) is 4.74 Å². The molecule has 2 unspecified atom stereocenters. The van der Waals surface area contributed by atoms with Crippen molar-refractivity contribution in [3.8, 4) is 0 Å². The number of hydrogen-bond donors (Lipinski definition) is 2. The predicted molar refractivity (Wildman–Crippen MR) is 92.9 cm³/mol. The molecule has 2 N–H and O–H groups in total. The molecule has 1 aromatic rings. The number of ether oxygens (including phenoxy) is 1. The topological polar surface area (TPSA) is 70.7 Å². The second kappa shape index (κ2) is 7.21. The first-order chi connectivity index (χ1) is 11.5. The maximum atomic E-state index is 12.3. The van der Waals surface area contributed by atoms with Crippen LogP contribution in [0.5, 0.6) is 0 Å². The highest BCUT2D eigenvalue weighted by molar-refractivity contribution is 5.94. The molecule has 0 aromatic heterocycles. The molecule has 0 radical (unpaired) electrons. The summed E-state index contributed by atoms with van der Waals surface area (Å²) in [4.78, 5) is 25.9. The molecule has 1 saturated heterocycles. The van der Waals surface area contributed by atoms with Crippen molar-refractivity contribution in [3.05, 3.63) is 24.3 Å². The Morgan fingerprint density at radius 1 is 1.08 bits per heavy atom. The fourth-order valence-electron chi connectivity index (χ4n) is 2.93. The zero-order valence-corrected chi connectivity index (χ0v) is 14.2. The van der Waals surface area contributed by atoms with Crippen molar-refractivity contribution in [2.24, 2.45) is 5.92 Å². The van der Waals surface area contributed by atoms with Gasteiger partial charge in [0.15, 0.2) is 0 Å². The second-order valence-electron chi connectivity index (χ2n) is 6.75. The minimum absolute atomic E-state index is 0.0723. The molecule has 0 spiro atoms. The molecular weight excluding hydrogens is 306 g/mol. The van der Waals surface area contributed by atoms with Crippen LogP contribution in [-0.4, -0.2) is 48.6 Å². The molecule has 1 heterocycles. The van der Waals surface area contributed by atoms with E-state index in [1.54, 1.807) is 0 Å². The Morgan fingerprint density at radius 2 is 1.67 bits per heavy atom. The molecule has 1 aromatic carbocycles. The van der Waals surface area contributed by atoms with Gasteiger partial charge >= 0.3 is 0 Å². The number of anilines is 2. The van der Waals surface area contributed by atoms with Gasteiger partial charge in [-0.25, -0.2) is 0 Å². The summed E-state index contributed by atoms with van der Waals surface area (Å²) in [5.74, 6) is 0.364. The van der Waals surface area contributed by atoms with Gasteiger partial charge in [-0.05, 0) is 51.0 Å². The molecule has 130 valence electrons. The van der Waals surface area contributed by atoms with Crippen molar-refractivity contribution in [1.82, 2.24) is 4.90 Å². The van der Waals surface area contributed by atoms with Crippen LogP contribution in [0.15, 0.2) is 24.3 Å². The van der Waals surface area contributed by atoms with Crippen LogP contribution in [-0.2, 0) is 14.3 Å². The molecule has 2 atom stereocenters. The Balaban J connectivity index is 1.47. The summed E-state index contributed by atoms with van der Waals surface area (Å²) in [6, 6.07) is 7.46. The van der Waals surface area contributed by atoms with E-state index in [0.29, 0.717) is 13.1 Å². The molecule has 6 nitrogen and oxygen atoms in total. The normalized spacial score (nSPS) is 23.7. The lowest BCUT2D eigenvalue weighted by molar-refractivity contribution is -0.141. The van der Waals surface area contributed by atoms with Crippen LogP contribution in [0.3, 0.4) is 0 Å². The van der Waals surface area contributed by atoms with Crippen molar-refractivity contribution in [2.45, 2.75) is 38.9 Å². The number of nitrogens with one attached hydrogen (secondary N) is 2. The Hall–Kier alpha value is -2.08. The van der Waals surface area contributed by atoms with E-state index in [1.165, 1.54) is 0 Å². The van der Waals surface area contributed by atoms with Gasteiger partial charge in [0.2, 0.25) is 11.8 Å². The average molecular weight is 331 g/mol. The van der Waals surface area contributed by atoms with Gasteiger partial charge in [0, 0.05) is 30.4 Å². The number of carbonyl (C=O) groups excluding carboxylic acids is 2. The third kappa shape index (κ3) is 4.47. The van der Waals surface area contributed by atoms with Crippen LogP contribution in [0.4, 0.5) is 11.4 Å². The van der Waals surface area contributed by atoms with Crippen LogP contribution < -0.4 is 10.6 Å². The van der Waals surface area contributed by atoms with E-state index >= 15 is 0 Å². The molecule has 2 fully saturated rings. The second-order valence-corrected chi connectivity index (χ2v) is 6.75. The molecule has 6 heteroatoms. The number of benzene rings is 1. The standard InChI is InChI=1S/C18H25N3O3/c1-12-10-21(11-13(2)24-12)17(22)9-19-15-5-7-16(8-6-15)20-18(23)14-3-4-14/h5-8,12-14,19H,3-4,9-11H2,1-2H3,(H,20,23). The maximum absolute atomic E-state index is 12.3. The lowest BCUT2D eigenvalue weighted by Crippen LogP contribution is -2.49. The summed E-state index contributed by atoms with van der Waals surface area (Å²) >= 11 is 0. The Kier molecular flexibility index (Phi) is 5.04. The van der Waals surface area contributed by atoms with Gasteiger partial charge in [-0.1, -0.05) is 0 Å². The fourth-order valence-corrected chi connectivity index (χ4v) is 2.93. The van der Waals surface area contributed by atoms with Crippen LogP contribution in [0.25, 0.3) is 0 Å².